The van der Waals surface area contributed by atoms with Crippen LogP contribution in [0.15, 0.2) is 36.7 Å². The van der Waals surface area contributed by atoms with Gasteiger partial charge in [0.1, 0.15) is 5.82 Å². The Balaban J connectivity index is 2.13. The molecular formula is C21H24F3N3O4. The number of benzene rings is 1. The Hall–Kier alpha value is -3.17. The van der Waals surface area contributed by atoms with Gasteiger partial charge < -0.3 is 14.8 Å². The van der Waals surface area contributed by atoms with Gasteiger partial charge in [-0.05, 0) is 43.2 Å². The second kappa shape index (κ2) is 9.76. The number of hydrogen-bond acceptors (Lipinski definition) is 6. The number of aromatic nitrogens is 2. The second-order valence-electron chi connectivity index (χ2n) is 7.13. The van der Waals surface area contributed by atoms with Gasteiger partial charge in [0.05, 0.1) is 18.0 Å². The number of carbonyl (C=O) groups excluding carboxylic acids is 2. The molecule has 2 unspecified atom stereocenters. The van der Waals surface area contributed by atoms with Crippen LogP contribution in [0.4, 0.5) is 18.0 Å². The topological polar surface area (TPSA) is 90.4 Å². The summed E-state index contributed by atoms with van der Waals surface area (Å²) in [6.07, 6.45) is -2.38. The Kier molecular flexibility index (Phi) is 7.59. The van der Waals surface area contributed by atoms with Crippen LogP contribution in [0.3, 0.4) is 0 Å². The zero-order valence-corrected chi connectivity index (χ0v) is 17.6. The van der Waals surface area contributed by atoms with Gasteiger partial charge in [0.25, 0.3) is 5.79 Å². The molecule has 0 aliphatic heterocycles. The molecule has 2 aromatic rings. The van der Waals surface area contributed by atoms with Gasteiger partial charge in [-0.2, -0.15) is 13.2 Å². The number of carbonyl (C=O) groups is 2. The van der Waals surface area contributed by atoms with E-state index >= 15 is 0 Å². The van der Waals surface area contributed by atoms with Crippen molar-refractivity contribution in [3.63, 3.8) is 0 Å². The first-order valence-electron chi connectivity index (χ1n) is 9.58. The number of nitrogens with one attached hydrogen (secondary N) is 1. The van der Waals surface area contributed by atoms with E-state index in [-0.39, 0.29) is 12.8 Å². The molecule has 0 aliphatic carbocycles. The molecule has 1 aromatic carbocycles. The SMILES string of the molecule is CCC(=O)OC(C)(Cc1ncccn1)OC(=O)NC(C)c1ccc(C(F)(F)F)cc1C. The first kappa shape index (κ1) is 24.1. The molecule has 1 amide bonds. The lowest BCUT2D eigenvalue weighted by molar-refractivity contribution is -0.201. The van der Waals surface area contributed by atoms with Crippen molar-refractivity contribution in [3.8, 4) is 0 Å². The van der Waals surface area contributed by atoms with E-state index in [9.17, 15) is 22.8 Å². The molecular weight excluding hydrogens is 415 g/mol. The number of alkyl halides is 3. The Morgan fingerprint density at radius 3 is 2.35 bits per heavy atom. The van der Waals surface area contributed by atoms with Crippen LogP contribution >= 0.6 is 0 Å². The molecule has 0 saturated carbocycles. The number of amides is 1. The van der Waals surface area contributed by atoms with E-state index in [4.69, 9.17) is 9.47 Å². The third kappa shape index (κ3) is 6.94. The molecule has 10 heteroatoms. The van der Waals surface area contributed by atoms with E-state index in [0.717, 1.165) is 12.1 Å². The molecule has 0 radical (unpaired) electrons. The number of halogens is 3. The largest absolute Gasteiger partial charge is 0.422 e. The smallest absolute Gasteiger partial charge is 0.416 e. The predicted molar refractivity (Wildman–Crippen MR) is 105 cm³/mol. The van der Waals surface area contributed by atoms with Gasteiger partial charge in [0.15, 0.2) is 0 Å². The molecule has 2 rings (SSSR count). The van der Waals surface area contributed by atoms with E-state index in [2.05, 4.69) is 15.3 Å². The molecule has 1 aromatic heterocycles. The fourth-order valence-electron chi connectivity index (χ4n) is 2.93. The molecule has 0 spiro atoms. The van der Waals surface area contributed by atoms with Gasteiger partial charge in [-0.15, -0.1) is 0 Å². The van der Waals surface area contributed by atoms with Crippen LogP contribution < -0.4 is 5.32 Å². The van der Waals surface area contributed by atoms with Crippen LogP contribution in [0.5, 0.6) is 0 Å². The Labute approximate surface area is 178 Å². The lowest BCUT2D eigenvalue weighted by Gasteiger charge is -2.29. The predicted octanol–water partition coefficient (Wildman–Crippen LogP) is 4.50. The summed E-state index contributed by atoms with van der Waals surface area (Å²) in [6, 6.07) is 4.22. The van der Waals surface area contributed by atoms with Crippen molar-refractivity contribution in [2.75, 3.05) is 0 Å². The summed E-state index contributed by atoms with van der Waals surface area (Å²) in [4.78, 5) is 32.4. The van der Waals surface area contributed by atoms with Gasteiger partial charge in [-0.3, -0.25) is 4.79 Å². The monoisotopic (exact) mass is 439 g/mol. The van der Waals surface area contributed by atoms with E-state index in [0.29, 0.717) is 17.0 Å². The standard InChI is InChI=1S/C21H24F3N3O4/c1-5-18(28)30-20(4,12-17-25-9-6-10-26-17)31-19(29)27-14(3)16-8-7-15(11-13(16)2)21(22,23)24/h6-11,14H,5,12H2,1-4H3,(H,27,29). The van der Waals surface area contributed by atoms with Crippen molar-refractivity contribution in [2.24, 2.45) is 0 Å². The molecule has 1 N–H and O–H groups in total. The molecule has 0 bridgehead atoms. The summed E-state index contributed by atoms with van der Waals surface area (Å²) in [5.74, 6) is -1.96. The molecule has 0 aliphatic rings. The van der Waals surface area contributed by atoms with E-state index in [1.807, 2.05) is 0 Å². The van der Waals surface area contributed by atoms with Gasteiger partial charge >= 0.3 is 18.2 Å². The Morgan fingerprint density at radius 2 is 1.81 bits per heavy atom. The summed E-state index contributed by atoms with van der Waals surface area (Å²) in [5, 5.41) is 2.55. The maximum absolute atomic E-state index is 12.9. The molecule has 0 saturated heterocycles. The van der Waals surface area contributed by atoms with E-state index in [1.54, 1.807) is 19.9 Å². The van der Waals surface area contributed by atoms with Crippen LogP contribution in [0.1, 0.15) is 55.7 Å². The molecule has 0 fully saturated rings. The Morgan fingerprint density at radius 1 is 1.16 bits per heavy atom. The quantitative estimate of drug-likeness (QED) is 0.505. The Bertz CT molecular complexity index is 922. The number of nitrogens with zero attached hydrogens (tertiary/aromatic N) is 2. The highest BCUT2D eigenvalue weighted by atomic mass is 19.4. The van der Waals surface area contributed by atoms with Crippen molar-refractivity contribution in [1.82, 2.24) is 15.3 Å². The average molecular weight is 439 g/mol. The minimum absolute atomic E-state index is 0.0668. The number of alkyl carbamates (subject to hydrolysis) is 1. The van der Waals surface area contributed by atoms with Crippen molar-refractivity contribution in [1.29, 1.82) is 0 Å². The summed E-state index contributed by atoms with van der Waals surface area (Å²) in [5.41, 5.74) is 0.0783. The normalized spacial score (nSPS) is 14.3. The van der Waals surface area contributed by atoms with Gasteiger partial charge in [-0.25, -0.2) is 14.8 Å². The first-order valence-corrected chi connectivity index (χ1v) is 9.58. The second-order valence-corrected chi connectivity index (χ2v) is 7.13. The van der Waals surface area contributed by atoms with Crippen LogP contribution in [-0.2, 0) is 26.9 Å². The highest BCUT2D eigenvalue weighted by Crippen LogP contribution is 2.31. The summed E-state index contributed by atoms with van der Waals surface area (Å²) < 4.78 is 49.3. The zero-order valence-electron chi connectivity index (χ0n) is 17.6. The third-order valence-electron chi connectivity index (χ3n) is 4.42. The molecule has 31 heavy (non-hydrogen) atoms. The van der Waals surface area contributed by atoms with Crippen LogP contribution in [0.2, 0.25) is 0 Å². The van der Waals surface area contributed by atoms with Crippen molar-refractivity contribution >= 4 is 12.1 Å². The summed E-state index contributed by atoms with van der Waals surface area (Å²) in [6.45, 7) is 6.13. The van der Waals surface area contributed by atoms with Crippen LogP contribution in [-0.4, -0.2) is 27.8 Å². The fourth-order valence-corrected chi connectivity index (χ4v) is 2.93. The van der Waals surface area contributed by atoms with E-state index < -0.39 is 35.6 Å². The maximum Gasteiger partial charge on any atom is 0.416 e. The molecule has 2 atom stereocenters. The van der Waals surface area contributed by atoms with Crippen LogP contribution in [0, 0.1) is 6.92 Å². The van der Waals surface area contributed by atoms with Crippen molar-refractivity contribution in [3.05, 3.63) is 59.2 Å². The van der Waals surface area contributed by atoms with Crippen molar-refractivity contribution in [2.45, 2.75) is 58.5 Å². The molecule has 168 valence electrons. The molecule has 7 nitrogen and oxygen atoms in total. The number of rotatable bonds is 7. The lowest BCUT2D eigenvalue weighted by Crippen LogP contribution is -2.43. The highest BCUT2D eigenvalue weighted by Gasteiger charge is 2.35. The summed E-state index contributed by atoms with van der Waals surface area (Å²) in [7, 11) is 0. The van der Waals surface area contributed by atoms with E-state index in [1.165, 1.54) is 32.3 Å². The van der Waals surface area contributed by atoms with Crippen LogP contribution in [0.25, 0.3) is 0 Å². The number of aryl methyl sites for hydroxylation is 1. The average Bonchev–Trinajstić information content (AvgIpc) is 2.67. The molecule has 1 heterocycles. The van der Waals surface area contributed by atoms with Gasteiger partial charge in [0, 0.05) is 25.7 Å². The minimum Gasteiger partial charge on any atom is -0.422 e. The highest BCUT2D eigenvalue weighted by molar-refractivity contribution is 5.71. The first-order chi connectivity index (χ1) is 14.4. The maximum atomic E-state index is 12.9. The lowest BCUT2D eigenvalue weighted by atomic mass is 10.00. The summed E-state index contributed by atoms with van der Waals surface area (Å²) >= 11 is 0. The number of esters is 1. The van der Waals surface area contributed by atoms with Gasteiger partial charge in [0.2, 0.25) is 0 Å². The van der Waals surface area contributed by atoms with Gasteiger partial charge in [-0.1, -0.05) is 13.0 Å². The fraction of sp³-hybridized carbons (Fsp3) is 0.429. The minimum atomic E-state index is -4.45. The number of hydrogen-bond donors (Lipinski definition) is 1. The van der Waals surface area contributed by atoms with Crippen molar-refractivity contribution < 1.29 is 32.2 Å². The number of ether oxygens (including phenoxy) is 2. The third-order valence-corrected chi connectivity index (χ3v) is 4.42. The zero-order chi connectivity index (χ0) is 23.2.